The predicted molar refractivity (Wildman–Crippen MR) is 78.9 cm³/mol. The van der Waals surface area contributed by atoms with Gasteiger partial charge in [-0.25, -0.2) is 4.98 Å². The van der Waals surface area contributed by atoms with Crippen molar-refractivity contribution in [3.63, 3.8) is 0 Å². The lowest BCUT2D eigenvalue weighted by Crippen LogP contribution is -2.05. The number of nitrogens with one attached hydrogen (secondary N) is 1. The molecule has 1 fully saturated rings. The Morgan fingerprint density at radius 1 is 1.32 bits per heavy atom. The molecule has 3 nitrogen and oxygen atoms in total. The van der Waals surface area contributed by atoms with Crippen molar-refractivity contribution < 1.29 is 4.74 Å². The molecule has 1 aliphatic rings. The highest BCUT2D eigenvalue weighted by Gasteiger charge is 2.20. The first-order valence-electron chi connectivity index (χ1n) is 6.73. The van der Waals surface area contributed by atoms with Crippen LogP contribution in [0.3, 0.4) is 0 Å². The number of nitrogens with zero attached hydrogens (tertiary/aromatic N) is 1. The van der Waals surface area contributed by atoms with Gasteiger partial charge in [-0.05, 0) is 18.6 Å². The zero-order valence-corrected chi connectivity index (χ0v) is 11.7. The van der Waals surface area contributed by atoms with Crippen LogP contribution in [-0.2, 0) is 11.2 Å². The highest BCUT2D eigenvalue weighted by Crippen LogP contribution is 2.27. The van der Waals surface area contributed by atoms with E-state index in [0.717, 1.165) is 32.6 Å². The fourth-order valence-corrected chi connectivity index (χ4v) is 3.22. The summed E-state index contributed by atoms with van der Waals surface area (Å²) in [6.07, 6.45) is 2.09. The molecule has 1 N–H and O–H groups in total. The van der Waals surface area contributed by atoms with E-state index in [1.165, 1.54) is 16.4 Å². The van der Waals surface area contributed by atoms with Gasteiger partial charge in [-0.1, -0.05) is 18.2 Å². The van der Waals surface area contributed by atoms with E-state index in [9.17, 15) is 0 Å². The summed E-state index contributed by atoms with van der Waals surface area (Å²) in [7, 11) is 0. The Kier molecular flexibility index (Phi) is 4.10. The summed E-state index contributed by atoms with van der Waals surface area (Å²) in [6.45, 7) is 2.65. The van der Waals surface area contributed by atoms with Crippen LogP contribution in [0.15, 0.2) is 35.7 Å². The summed E-state index contributed by atoms with van der Waals surface area (Å²) in [5.41, 5.74) is 2.36. The molecule has 0 aliphatic carbocycles. The summed E-state index contributed by atoms with van der Waals surface area (Å²) >= 11 is 1.77. The molecular weight excluding hydrogens is 256 g/mol. The second kappa shape index (κ2) is 6.17. The fourth-order valence-electron chi connectivity index (χ4n) is 2.25. The molecule has 2 aromatic rings. The zero-order chi connectivity index (χ0) is 12.9. The quantitative estimate of drug-likeness (QED) is 0.908. The average molecular weight is 274 g/mol. The van der Waals surface area contributed by atoms with Gasteiger partial charge in [0.15, 0.2) is 0 Å². The van der Waals surface area contributed by atoms with Crippen molar-refractivity contribution in [2.75, 3.05) is 25.1 Å². The van der Waals surface area contributed by atoms with Crippen molar-refractivity contribution in [3.05, 3.63) is 46.4 Å². The fraction of sp³-hybridized carbons (Fsp3) is 0.400. The number of hydrogen-bond acceptors (Lipinski definition) is 4. The van der Waals surface area contributed by atoms with Crippen molar-refractivity contribution in [2.24, 2.45) is 0 Å². The molecule has 2 heterocycles. The second-order valence-electron chi connectivity index (χ2n) is 4.78. The van der Waals surface area contributed by atoms with E-state index >= 15 is 0 Å². The van der Waals surface area contributed by atoms with Crippen molar-refractivity contribution >= 4 is 17.0 Å². The lowest BCUT2D eigenvalue weighted by molar-refractivity contribution is 0.194. The molecule has 100 valence electrons. The SMILES string of the molecule is c1ccc(NCCc2csc(C3CCOC3)n2)cc1. The number of benzene rings is 1. The van der Waals surface area contributed by atoms with E-state index in [2.05, 4.69) is 22.8 Å². The van der Waals surface area contributed by atoms with Crippen molar-refractivity contribution in [1.82, 2.24) is 4.98 Å². The zero-order valence-electron chi connectivity index (χ0n) is 10.8. The third-order valence-electron chi connectivity index (χ3n) is 3.33. The number of thiazole rings is 1. The van der Waals surface area contributed by atoms with Crippen LogP contribution in [0.4, 0.5) is 5.69 Å². The highest BCUT2D eigenvalue weighted by molar-refractivity contribution is 7.09. The van der Waals surface area contributed by atoms with Gasteiger partial charge in [0.25, 0.3) is 0 Å². The van der Waals surface area contributed by atoms with Gasteiger partial charge >= 0.3 is 0 Å². The van der Waals surface area contributed by atoms with Gasteiger partial charge < -0.3 is 10.1 Å². The third kappa shape index (κ3) is 3.33. The molecule has 0 saturated carbocycles. The van der Waals surface area contributed by atoms with Crippen LogP contribution in [0.1, 0.15) is 23.0 Å². The van der Waals surface area contributed by atoms with Gasteiger partial charge in [0.05, 0.1) is 17.3 Å². The Bertz CT molecular complexity index is 506. The van der Waals surface area contributed by atoms with E-state index in [-0.39, 0.29) is 0 Å². The van der Waals surface area contributed by atoms with E-state index in [0.29, 0.717) is 5.92 Å². The van der Waals surface area contributed by atoms with Crippen LogP contribution in [0.5, 0.6) is 0 Å². The Labute approximate surface area is 117 Å². The number of anilines is 1. The number of aromatic nitrogens is 1. The molecule has 1 aromatic carbocycles. The Hall–Kier alpha value is -1.39. The van der Waals surface area contributed by atoms with Gasteiger partial charge in [-0.3, -0.25) is 0 Å². The molecule has 0 bridgehead atoms. The molecule has 19 heavy (non-hydrogen) atoms. The molecule has 0 amide bonds. The van der Waals surface area contributed by atoms with Crippen molar-refractivity contribution in [3.8, 4) is 0 Å². The van der Waals surface area contributed by atoms with Gasteiger partial charge in [0.1, 0.15) is 0 Å². The van der Waals surface area contributed by atoms with Gasteiger partial charge in [0, 0.05) is 36.6 Å². The Balaban J connectivity index is 1.50. The number of rotatable bonds is 5. The molecule has 1 aromatic heterocycles. The number of ether oxygens (including phenoxy) is 1. The molecule has 1 atom stereocenters. The van der Waals surface area contributed by atoms with Gasteiger partial charge in [-0.2, -0.15) is 0 Å². The van der Waals surface area contributed by atoms with Crippen LogP contribution in [0.25, 0.3) is 0 Å². The molecule has 1 aliphatic heterocycles. The first kappa shape index (κ1) is 12.6. The minimum atomic E-state index is 0.529. The summed E-state index contributed by atoms with van der Waals surface area (Å²) in [5.74, 6) is 0.529. The average Bonchev–Trinajstić information content (AvgIpc) is 3.10. The minimum absolute atomic E-state index is 0.529. The molecule has 0 spiro atoms. The summed E-state index contributed by atoms with van der Waals surface area (Å²) in [5, 5.41) is 6.84. The van der Waals surface area contributed by atoms with Gasteiger partial charge in [0.2, 0.25) is 0 Å². The minimum Gasteiger partial charge on any atom is -0.385 e. The van der Waals surface area contributed by atoms with Crippen LogP contribution in [0.2, 0.25) is 0 Å². The maximum atomic E-state index is 5.41. The van der Waals surface area contributed by atoms with E-state index in [1.54, 1.807) is 11.3 Å². The van der Waals surface area contributed by atoms with E-state index in [1.807, 2.05) is 18.2 Å². The van der Waals surface area contributed by atoms with Crippen molar-refractivity contribution in [1.29, 1.82) is 0 Å². The van der Waals surface area contributed by atoms with E-state index < -0.39 is 0 Å². The Morgan fingerprint density at radius 2 is 2.21 bits per heavy atom. The number of para-hydroxylation sites is 1. The Morgan fingerprint density at radius 3 is 3.00 bits per heavy atom. The first-order valence-corrected chi connectivity index (χ1v) is 7.61. The lowest BCUT2D eigenvalue weighted by atomic mass is 10.1. The van der Waals surface area contributed by atoms with Crippen LogP contribution < -0.4 is 5.32 Å². The van der Waals surface area contributed by atoms with Crippen LogP contribution in [0, 0.1) is 0 Å². The maximum absolute atomic E-state index is 5.41. The first-order chi connectivity index (χ1) is 9.42. The van der Waals surface area contributed by atoms with Crippen LogP contribution >= 0.6 is 11.3 Å². The summed E-state index contributed by atoms with van der Waals surface area (Å²) < 4.78 is 5.41. The summed E-state index contributed by atoms with van der Waals surface area (Å²) in [4.78, 5) is 4.72. The lowest BCUT2D eigenvalue weighted by Gasteiger charge is -2.04. The molecule has 3 rings (SSSR count). The van der Waals surface area contributed by atoms with Gasteiger partial charge in [-0.15, -0.1) is 11.3 Å². The summed E-state index contributed by atoms with van der Waals surface area (Å²) in [6, 6.07) is 10.3. The highest BCUT2D eigenvalue weighted by atomic mass is 32.1. The molecule has 1 saturated heterocycles. The normalized spacial score (nSPS) is 18.6. The molecule has 0 radical (unpaired) electrons. The molecule has 1 unspecified atom stereocenters. The molecule has 4 heteroatoms. The second-order valence-corrected chi connectivity index (χ2v) is 5.67. The monoisotopic (exact) mass is 274 g/mol. The maximum Gasteiger partial charge on any atom is 0.0983 e. The predicted octanol–water partition coefficient (Wildman–Crippen LogP) is 3.30. The third-order valence-corrected chi connectivity index (χ3v) is 4.39. The molecular formula is C15H18N2OS. The van der Waals surface area contributed by atoms with Crippen LogP contribution in [-0.4, -0.2) is 24.7 Å². The number of hydrogen-bond donors (Lipinski definition) is 1. The van der Waals surface area contributed by atoms with Crippen molar-refractivity contribution in [2.45, 2.75) is 18.8 Å². The largest absolute Gasteiger partial charge is 0.385 e. The van der Waals surface area contributed by atoms with E-state index in [4.69, 9.17) is 9.72 Å². The topological polar surface area (TPSA) is 34.1 Å². The smallest absolute Gasteiger partial charge is 0.0983 e. The standard InChI is InChI=1S/C15H18N2OS/c1-2-4-13(5-3-1)16-8-6-14-11-19-15(17-14)12-7-9-18-10-12/h1-5,11-12,16H,6-10H2.